The first-order chi connectivity index (χ1) is 13.8. The molecule has 1 aliphatic rings. The lowest BCUT2D eigenvalue weighted by molar-refractivity contribution is 0.265. The summed E-state index contributed by atoms with van der Waals surface area (Å²) < 4.78 is 0. The van der Waals surface area contributed by atoms with Gasteiger partial charge in [0.05, 0.1) is 0 Å². The predicted octanol–water partition coefficient (Wildman–Crippen LogP) is 5.49. The van der Waals surface area contributed by atoms with E-state index in [0.29, 0.717) is 12.0 Å². The maximum absolute atomic E-state index is 2.38. The van der Waals surface area contributed by atoms with E-state index < -0.39 is 7.92 Å². The molecule has 0 saturated carbocycles. The molecule has 0 amide bonds. The molecule has 0 aromatic heterocycles. The van der Waals surface area contributed by atoms with Crippen molar-refractivity contribution in [3.63, 3.8) is 0 Å². The highest BCUT2D eigenvalue weighted by molar-refractivity contribution is 7.76. The number of allylic oxidation sites excluding steroid dienone is 2. The summed E-state index contributed by atoms with van der Waals surface area (Å²) in [4.78, 5) is 2.35. The zero-order chi connectivity index (χ0) is 19.3. The van der Waals surface area contributed by atoms with Crippen molar-refractivity contribution in [1.29, 1.82) is 0 Å². The summed E-state index contributed by atoms with van der Waals surface area (Å²) in [5.41, 5.74) is 1.37. The summed E-state index contributed by atoms with van der Waals surface area (Å²) in [6, 6.07) is 33.2. The van der Waals surface area contributed by atoms with Crippen molar-refractivity contribution in [1.82, 2.24) is 4.90 Å². The van der Waals surface area contributed by atoms with Crippen LogP contribution in [0.25, 0.3) is 0 Å². The third-order valence-electron chi connectivity index (χ3n) is 5.25. The second-order valence-corrected chi connectivity index (χ2v) is 9.55. The summed E-state index contributed by atoms with van der Waals surface area (Å²) in [5, 5.41) is 4.35. The van der Waals surface area contributed by atoms with E-state index in [0.717, 1.165) is 0 Å². The fourth-order valence-corrected chi connectivity index (χ4v) is 6.65. The van der Waals surface area contributed by atoms with Gasteiger partial charge in [0.25, 0.3) is 0 Å². The van der Waals surface area contributed by atoms with Crippen LogP contribution in [-0.2, 0) is 0 Å². The van der Waals surface area contributed by atoms with Gasteiger partial charge < -0.3 is 4.90 Å². The van der Waals surface area contributed by atoms with Crippen LogP contribution < -0.4 is 10.6 Å². The van der Waals surface area contributed by atoms with Gasteiger partial charge in [-0.2, -0.15) is 0 Å². The number of hydrogen-bond donors (Lipinski definition) is 0. The van der Waals surface area contributed by atoms with Gasteiger partial charge in [0.15, 0.2) is 0 Å². The lowest BCUT2D eigenvalue weighted by atomic mass is 9.93. The average Bonchev–Trinajstić information content (AvgIpc) is 3.19. The Kier molecular flexibility index (Phi) is 5.86. The van der Waals surface area contributed by atoms with E-state index in [1.54, 1.807) is 0 Å². The van der Waals surface area contributed by atoms with Crippen LogP contribution >= 0.6 is 7.92 Å². The van der Waals surface area contributed by atoms with Crippen LogP contribution in [0.1, 0.15) is 11.6 Å². The van der Waals surface area contributed by atoms with E-state index in [1.165, 1.54) is 21.5 Å². The van der Waals surface area contributed by atoms with Crippen molar-refractivity contribution in [3.05, 3.63) is 120 Å². The largest absolute Gasteiger partial charge is 0.301 e. The third kappa shape index (κ3) is 3.87. The van der Waals surface area contributed by atoms with Gasteiger partial charge in [-0.25, -0.2) is 0 Å². The van der Waals surface area contributed by atoms with Gasteiger partial charge in [-0.15, -0.1) is 0 Å². The molecule has 3 aromatic rings. The van der Waals surface area contributed by atoms with E-state index in [1.807, 2.05) is 0 Å². The smallest absolute Gasteiger partial charge is 0.0445 e. The molecule has 3 aromatic carbocycles. The summed E-state index contributed by atoms with van der Waals surface area (Å²) in [6.07, 6.45) is 6.99. The summed E-state index contributed by atoms with van der Waals surface area (Å²) in [6.45, 7) is 0. The fraction of sp³-hybridized carbons (Fsp3) is 0.154. The Morgan fingerprint density at radius 3 is 1.71 bits per heavy atom. The molecule has 140 valence electrons. The van der Waals surface area contributed by atoms with Crippen LogP contribution in [0.4, 0.5) is 0 Å². The first-order valence-electron chi connectivity index (χ1n) is 9.75. The molecule has 2 heteroatoms. The normalized spacial score (nSPS) is 17.1. The Morgan fingerprint density at radius 1 is 0.714 bits per heavy atom. The third-order valence-corrected chi connectivity index (χ3v) is 7.84. The average molecular weight is 383 g/mol. The SMILES string of the molecule is CN(C)[C@H](c1ccccc1)C1C=CC=C1P(c1ccccc1)c1ccccc1. The van der Waals surface area contributed by atoms with E-state index >= 15 is 0 Å². The molecule has 1 unspecified atom stereocenters. The summed E-state index contributed by atoms with van der Waals surface area (Å²) >= 11 is 0. The molecule has 0 fully saturated rings. The van der Waals surface area contributed by atoms with Crippen LogP contribution in [0, 0.1) is 5.92 Å². The molecule has 0 saturated heterocycles. The molecule has 0 N–H and O–H groups in total. The molecule has 2 atom stereocenters. The molecule has 1 aliphatic carbocycles. The van der Waals surface area contributed by atoms with Gasteiger partial charge in [0.1, 0.15) is 0 Å². The lowest BCUT2D eigenvalue weighted by Crippen LogP contribution is -2.28. The van der Waals surface area contributed by atoms with E-state index in [-0.39, 0.29) is 0 Å². The number of nitrogens with zero attached hydrogens (tertiary/aromatic N) is 1. The molecule has 0 heterocycles. The maximum Gasteiger partial charge on any atom is 0.0445 e. The minimum absolute atomic E-state index is 0.323. The first kappa shape index (κ1) is 18.9. The van der Waals surface area contributed by atoms with Crippen LogP contribution in [0.15, 0.2) is 115 Å². The quantitative estimate of drug-likeness (QED) is 0.509. The van der Waals surface area contributed by atoms with Crippen molar-refractivity contribution >= 4 is 18.5 Å². The number of benzene rings is 3. The minimum Gasteiger partial charge on any atom is -0.301 e. The summed E-state index contributed by atoms with van der Waals surface area (Å²) in [7, 11) is 3.81. The Morgan fingerprint density at radius 2 is 1.21 bits per heavy atom. The van der Waals surface area contributed by atoms with Gasteiger partial charge >= 0.3 is 0 Å². The fourth-order valence-electron chi connectivity index (χ4n) is 4.05. The Hall–Kier alpha value is -2.47. The van der Waals surface area contributed by atoms with Gasteiger partial charge in [-0.1, -0.05) is 109 Å². The molecule has 4 rings (SSSR count). The zero-order valence-corrected chi connectivity index (χ0v) is 17.3. The highest BCUT2D eigenvalue weighted by Gasteiger charge is 2.33. The van der Waals surface area contributed by atoms with Gasteiger partial charge in [-0.05, 0) is 43.5 Å². The Balaban J connectivity index is 1.78. The highest BCUT2D eigenvalue weighted by Crippen LogP contribution is 2.52. The monoisotopic (exact) mass is 383 g/mol. The Labute approximate surface area is 169 Å². The topological polar surface area (TPSA) is 3.24 Å². The number of hydrogen-bond acceptors (Lipinski definition) is 1. The van der Waals surface area contributed by atoms with Gasteiger partial charge in [0, 0.05) is 12.0 Å². The van der Waals surface area contributed by atoms with Gasteiger partial charge in [-0.3, -0.25) is 0 Å². The molecular weight excluding hydrogens is 357 g/mol. The first-order valence-corrected chi connectivity index (χ1v) is 11.1. The van der Waals surface area contributed by atoms with Crippen molar-refractivity contribution in [3.8, 4) is 0 Å². The molecule has 28 heavy (non-hydrogen) atoms. The van der Waals surface area contributed by atoms with Crippen LogP contribution in [0.5, 0.6) is 0 Å². The van der Waals surface area contributed by atoms with Crippen LogP contribution in [-0.4, -0.2) is 19.0 Å². The van der Waals surface area contributed by atoms with Crippen LogP contribution in [0.3, 0.4) is 0 Å². The highest BCUT2D eigenvalue weighted by atomic mass is 31.1. The predicted molar refractivity (Wildman–Crippen MR) is 123 cm³/mol. The second kappa shape index (κ2) is 8.69. The van der Waals surface area contributed by atoms with E-state index in [2.05, 4.69) is 128 Å². The number of rotatable bonds is 6. The zero-order valence-electron chi connectivity index (χ0n) is 16.4. The van der Waals surface area contributed by atoms with E-state index in [4.69, 9.17) is 0 Å². The lowest BCUT2D eigenvalue weighted by Gasteiger charge is -2.34. The summed E-state index contributed by atoms with van der Waals surface area (Å²) in [5.74, 6) is 0.365. The van der Waals surface area contributed by atoms with Crippen molar-refractivity contribution < 1.29 is 0 Å². The molecule has 0 spiro atoms. The molecule has 0 aliphatic heterocycles. The van der Waals surface area contributed by atoms with Crippen molar-refractivity contribution in [2.45, 2.75) is 6.04 Å². The molecule has 0 bridgehead atoms. The van der Waals surface area contributed by atoms with E-state index in [9.17, 15) is 0 Å². The van der Waals surface area contributed by atoms with Gasteiger partial charge in [0.2, 0.25) is 0 Å². The van der Waals surface area contributed by atoms with Crippen LogP contribution in [0.2, 0.25) is 0 Å². The minimum atomic E-state index is -0.567. The van der Waals surface area contributed by atoms with Crippen molar-refractivity contribution in [2.24, 2.45) is 5.92 Å². The molecule has 0 radical (unpaired) electrons. The second-order valence-electron chi connectivity index (χ2n) is 7.33. The van der Waals surface area contributed by atoms with Crippen molar-refractivity contribution in [2.75, 3.05) is 14.1 Å². The standard InChI is InChI=1S/C26H26NP/c1-27(2)26(21-13-6-3-7-14-21)24-19-12-20-25(24)28(22-15-8-4-9-16-22)23-17-10-5-11-18-23/h3-20,24,26H,1-2H3/t24?,26-/m1/s1. The molecular formula is C26H26NP. The molecule has 1 nitrogen and oxygen atoms in total. The Bertz CT molecular complexity index is 906. The maximum atomic E-state index is 2.38.